The highest BCUT2D eigenvalue weighted by molar-refractivity contribution is 5.73. The fourth-order valence-corrected chi connectivity index (χ4v) is 2.93. The molecule has 3 nitrogen and oxygen atoms in total. The molecular weight excluding hydrogens is 164 g/mol. The highest BCUT2D eigenvalue weighted by Gasteiger charge is 2.53. The number of nitrogens with one attached hydrogen (secondary N) is 1. The molecule has 0 radical (unpaired) electrons. The van der Waals surface area contributed by atoms with Crippen LogP contribution >= 0.6 is 0 Å². The number of rotatable bonds is 1. The highest BCUT2D eigenvalue weighted by Crippen LogP contribution is 2.44. The summed E-state index contributed by atoms with van der Waals surface area (Å²) in [7, 11) is 2.18. The average Bonchev–Trinajstić information content (AvgIpc) is 2.41. The van der Waals surface area contributed by atoms with E-state index in [1.54, 1.807) is 6.92 Å². The minimum absolute atomic E-state index is 0.104. The van der Waals surface area contributed by atoms with Gasteiger partial charge in [0.05, 0.1) is 0 Å². The van der Waals surface area contributed by atoms with E-state index in [0.717, 1.165) is 6.42 Å². The first-order valence-electron chi connectivity index (χ1n) is 5.04. The van der Waals surface area contributed by atoms with Crippen LogP contribution in [0.5, 0.6) is 0 Å². The summed E-state index contributed by atoms with van der Waals surface area (Å²) in [6.45, 7) is 3.87. The fraction of sp³-hybridized carbons (Fsp3) is 0.900. The Balaban J connectivity index is 2.13. The monoisotopic (exact) mass is 182 g/mol. The van der Waals surface area contributed by atoms with Gasteiger partial charge < -0.3 is 5.32 Å². The first-order valence-corrected chi connectivity index (χ1v) is 5.04. The van der Waals surface area contributed by atoms with Crippen LogP contribution in [-0.2, 0) is 4.79 Å². The predicted octanol–water partition coefficient (Wildman–Crippen LogP) is 0.748. The maximum Gasteiger partial charge on any atom is 0.217 e. The SMILES string of the molecule is CC(=O)NC1CC2CCC1(C)N2C. The third-order valence-electron chi connectivity index (χ3n) is 3.97. The largest absolute Gasteiger partial charge is 0.352 e. The van der Waals surface area contributed by atoms with Crippen LogP contribution in [-0.4, -0.2) is 35.5 Å². The molecule has 3 heteroatoms. The molecule has 0 spiro atoms. The van der Waals surface area contributed by atoms with Crippen LogP contribution in [0, 0.1) is 0 Å². The van der Waals surface area contributed by atoms with E-state index in [2.05, 4.69) is 24.2 Å². The minimum Gasteiger partial charge on any atom is -0.352 e. The number of carbonyl (C=O) groups excluding carboxylic acids is 1. The maximum atomic E-state index is 11.0. The van der Waals surface area contributed by atoms with Crippen molar-refractivity contribution in [2.45, 2.75) is 50.7 Å². The molecule has 2 aliphatic rings. The van der Waals surface area contributed by atoms with Gasteiger partial charge in [0.1, 0.15) is 0 Å². The Morgan fingerprint density at radius 2 is 2.31 bits per heavy atom. The lowest BCUT2D eigenvalue weighted by Gasteiger charge is -2.34. The normalized spacial score (nSPS) is 43.9. The minimum atomic E-state index is 0.104. The van der Waals surface area contributed by atoms with Gasteiger partial charge in [0.15, 0.2) is 0 Å². The quantitative estimate of drug-likeness (QED) is 0.649. The van der Waals surface area contributed by atoms with Gasteiger partial charge in [0.25, 0.3) is 0 Å². The van der Waals surface area contributed by atoms with Crippen LogP contribution in [0.2, 0.25) is 0 Å². The molecule has 2 aliphatic heterocycles. The molecule has 13 heavy (non-hydrogen) atoms. The summed E-state index contributed by atoms with van der Waals surface area (Å²) in [6, 6.07) is 1.07. The van der Waals surface area contributed by atoms with Gasteiger partial charge in [0, 0.05) is 24.5 Å². The summed E-state index contributed by atoms with van der Waals surface area (Å²) in [5.74, 6) is 0.104. The number of hydrogen-bond acceptors (Lipinski definition) is 2. The number of carbonyl (C=O) groups is 1. The Kier molecular flexibility index (Phi) is 1.88. The molecule has 1 N–H and O–H groups in total. The Hall–Kier alpha value is -0.570. The second-order valence-electron chi connectivity index (χ2n) is 4.65. The number of amides is 1. The van der Waals surface area contributed by atoms with Crippen molar-refractivity contribution in [1.29, 1.82) is 0 Å². The number of nitrogens with zero attached hydrogens (tertiary/aromatic N) is 1. The molecule has 3 unspecified atom stereocenters. The molecule has 2 bridgehead atoms. The summed E-state index contributed by atoms with van der Waals surface area (Å²) in [5, 5.41) is 3.06. The Labute approximate surface area is 79.5 Å². The van der Waals surface area contributed by atoms with E-state index < -0.39 is 0 Å². The molecule has 1 amide bonds. The number of likely N-dealkylation sites (N-methyl/N-ethyl adjacent to an activating group) is 1. The Morgan fingerprint density at radius 3 is 2.69 bits per heavy atom. The molecule has 3 atom stereocenters. The van der Waals surface area contributed by atoms with Crippen LogP contribution in [0.4, 0.5) is 0 Å². The molecule has 0 aliphatic carbocycles. The third-order valence-corrected chi connectivity index (χ3v) is 3.97. The van der Waals surface area contributed by atoms with E-state index in [9.17, 15) is 4.79 Å². The molecule has 2 saturated heterocycles. The first kappa shape index (κ1) is 9.00. The lowest BCUT2D eigenvalue weighted by atomic mass is 9.84. The summed E-state index contributed by atoms with van der Waals surface area (Å²) in [6.07, 6.45) is 3.65. The summed E-state index contributed by atoms with van der Waals surface area (Å²) < 4.78 is 0. The second kappa shape index (κ2) is 2.71. The molecule has 2 heterocycles. The molecule has 74 valence electrons. The van der Waals surface area contributed by atoms with Crippen molar-refractivity contribution >= 4 is 5.91 Å². The van der Waals surface area contributed by atoms with Crippen molar-refractivity contribution < 1.29 is 4.79 Å². The van der Waals surface area contributed by atoms with Gasteiger partial charge in [-0.15, -0.1) is 0 Å². The molecule has 2 rings (SSSR count). The van der Waals surface area contributed by atoms with Crippen molar-refractivity contribution in [2.75, 3.05) is 7.05 Å². The fourth-order valence-electron chi connectivity index (χ4n) is 2.93. The van der Waals surface area contributed by atoms with E-state index in [1.165, 1.54) is 12.8 Å². The maximum absolute atomic E-state index is 11.0. The van der Waals surface area contributed by atoms with Gasteiger partial charge in [-0.05, 0) is 33.2 Å². The predicted molar refractivity (Wildman–Crippen MR) is 51.4 cm³/mol. The van der Waals surface area contributed by atoms with Gasteiger partial charge in [-0.2, -0.15) is 0 Å². The molecule has 2 fully saturated rings. The molecule has 0 aromatic heterocycles. The van der Waals surface area contributed by atoms with Crippen molar-refractivity contribution in [3.63, 3.8) is 0 Å². The van der Waals surface area contributed by atoms with Crippen molar-refractivity contribution in [3.05, 3.63) is 0 Å². The van der Waals surface area contributed by atoms with E-state index >= 15 is 0 Å². The standard InChI is InChI=1S/C10H18N2O/c1-7(13)11-9-6-8-4-5-10(9,2)12(8)3/h8-9H,4-6H2,1-3H3,(H,11,13). The third kappa shape index (κ3) is 1.17. The lowest BCUT2D eigenvalue weighted by molar-refractivity contribution is -0.120. The van der Waals surface area contributed by atoms with Crippen molar-refractivity contribution in [1.82, 2.24) is 10.2 Å². The van der Waals surface area contributed by atoms with Gasteiger partial charge in [-0.1, -0.05) is 0 Å². The zero-order chi connectivity index (χ0) is 9.64. The van der Waals surface area contributed by atoms with Gasteiger partial charge in [0.2, 0.25) is 5.91 Å². The zero-order valence-electron chi connectivity index (χ0n) is 8.63. The summed E-state index contributed by atoms with van der Waals surface area (Å²) >= 11 is 0. The van der Waals surface area contributed by atoms with Crippen LogP contribution in [0.25, 0.3) is 0 Å². The Bertz CT molecular complexity index is 241. The summed E-state index contributed by atoms with van der Waals surface area (Å²) in [5.41, 5.74) is 0.219. The zero-order valence-corrected chi connectivity index (χ0v) is 8.63. The first-order chi connectivity index (χ1) is 6.04. The van der Waals surface area contributed by atoms with Gasteiger partial charge >= 0.3 is 0 Å². The number of hydrogen-bond donors (Lipinski definition) is 1. The average molecular weight is 182 g/mol. The molecule has 0 saturated carbocycles. The lowest BCUT2D eigenvalue weighted by Crippen LogP contribution is -2.51. The van der Waals surface area contributed by atoms with Gasteiger partial charge in [-0.25, -0.2) is 0 Å². The summed E-state index contributed by atoms with van der Waals surface area (Å²) in [4.78, 5) is 13.4. The second-order valence-corrected chi connectivity index (χ2v) is 4.65. The smallest absolute Gasteiger partial charge is 0.217 e. The van der Waals surface area contributed by atoms with E-state index in [1.807, 2.05) is 0 Å². The van der Waals surface area contributed by atoms with Crippen molar-refractivity contribution in [3.8, 4) is 0 Å². The van der Waals surface area contributed by atoms with Crippen LogP contribution < -0.4 is 5.32 Å². The van der Waals surface area contributed by atoms with Crippen molar-refractivity contribution in [2.24, 2.45) is 0 Å². The topological polar surface area (TPSA) is 32.3 Å². The van der Waals surface area contributed by atoms with Crippen LogP contribution in [0.1, 0.15) is 33.1 Å². The van der Waals surface area contributed by atoms with E-state index in [0.29, 0.717) is 12.1 Å². The number of fused-ring (bicyclic) bond motifs is 2. The highest BCUT2D eigenvalue weighted by atomic mass is 16.1. The Morgan fingerprint density at radius 1 is 1.62 bits per heavy atom. The van der Waals surface area contributed by atoms with E-state index in [4.69, 9.17) is 0 Å². The van der Waals surface area contributed by atoms with E-state index in [-0.39, 0.29) is 11.4 Å². The molecule has 0 aromatic rings. The van der Waals surface area contributed by atoms with Gasteiger partial charge in [-0.3, -0.25) is 9.69 Å². The van der Waals surface area contributed by atoms with Crippen LogP contribution in [0.15, 0.2) is 0 Å². The molecule has 0 aromatic carbocycles. The molecular formula is C10H18N2O. The van der Waals surface area contributed by atoms with Crippen LogP contribution in [0.3, 0.4) is 0 Å².